The second kappa shape index (κ2) is 6.92. The summed E-state index contributed by atoms with van der Waals surface area (Å²) in [7, 11) is 0. The minimum atomic E-state index is -0.498. The van der Waals surface area contributed by atoms with Gasteiger partial charge in [-0.05, 0) is 38.8 Å². The molecule has 1 saturated carbocycles. The molecule has 1 aromatic carbocycles. The summed E-state index contributed by atoms with van der Waals surface area (Å²) in [6, 6.07) is 6.57. The second-order valence-electron chi connectivity index (χ2n) is 5.38. The van der Waals surface area contributed by atoms with Crippen molar-refractivity contribution in [2.45, 2.75) is 51.7 Å². The number of ether oxygens (including phenoxy) is 1. The Labute approximate surface area is 116 Å². The van der Waals surface area contributed by atoms with Gasteiger partial charge in [-0.15, -0.1) is 0 Å². The van der Waals surface area contributed by atoms with Crippen LogP contribution in [0, 0.1) is 6.92 Å². The standard InChI is InChI=1S/C16H25NO2/c1-3-19-16-9-8-12(2)10-14(16)15(18)11-17-13-6-4-5-7-13/h8-10,13,15,17-18H,3-7,11H2,1-2H3. The van der Waals surface area contributed by atoms with Crippen LogP contribution in [0.1, 0.15) is 49.8 Å². The Balaban J connectivity index is 1.99. The van der Waals surface area contributed by atoms with Crippen molar-refractivity contribution in [3.05, 3.63) is 29.3 Å². The highest BCUT2D eigenvalue weighted by atomic mass is 16.5. The van der Waals surface area contributed by atoms with Crippen LogP contribution >= 0.6 is 0 Å². The van der Waals surface area contributed by atoms with E-state index in [1.165, 1.54) is 25.7 Å². The smallest absolute Gasteiger partial charge is 0.125 e. The van der Waals surface area contributed by atoms with Gasteiger partial charge < -0.3 is 15.2 Å². The first-order valence-corrected chi connectivity index (χ1v) is 7.35. The molecule has 106 valence electrons. The molecule has 1 aromatic rings. The molecule has 3 nitrogen and oxygen atoms in total. The Kier molecular flexibility index (Phi) is 5.23. The number of aliphatic hydroxyl groups excluding tert-OH is 1. The third-order valence-corrected chi connectivity index (χ3v) is 3.78. The van der Waals surface area contributed by atoms with Gasteiger partial charge in [0.2, 0.25) is 0 Å². The molecule has 0 saturated heterocycles. The minimum Gasteiger partial charge on any atom is -0.493 e. The zero-order chi connectivity index (χ0) is 13.7. The van der Waals surface area contributed by atoms with E-state index in [9.17, 15) is 5.11 Å². The topological polar surface area (TPSA) is 41.5 Å². The molecule has 0 aliphatic heterocycles. The molecule has 3 heteroatoms. The maximum absolute atomic E-state index is 10.4. The molecule has 1 fully saturated rings. The van der Waals surface area contributed by atoms with Crippen molar-refractivity contribution in [2.75, 3.05) is 13.2 Å². The van der Waals surface area contributed by atoms with Crippen molar-refractivity contribution in [3.8, 4) is 5.75 Å². The van der Waals surface area contributed by atoms with Crippen molar-refractivity contribution in [1.82, 2.24) is 5.32 Å². The van der Waals surface area contributed by atoms with Gasteiger partial charge in [-0.3, -0.25) is 0 Å². The quantitative estimate of drug-likeness (QED) is 0.829. The summed E-state index contributed by atoms with van der Waals surface area (Å²) >= 11 is 0. The van der Waals surface area contributed by atoms with E-state index in [1.54, 1.807) is 0 Å². The van der Waals surface area contributed by atoms with Crippen LogP contribution in [-0.4, -0.2) is 24.3 Å². The number of nitrogens with one attached hydrogen (secondary N) is 1. The molecule has 1 aliphatic rings. The molecule has 0 bridgehead atoms. The summed E-state index contributed by atoms with van der Waals surface area (Å²) in [5.41, 5.74) is 2.05. The van der Waals surface area contributed by atoms with Crippen molar-refractivity contribution >= 4 is 0 Å². The van der Waals surface area contributed by atoms with Crippen LogP contribution in [-0.2, 0) is 0 Å². The van der Waals surface area contributed by atoms with Crippen molar-refractivity contribution in [2.24, 2.45) is 0 Å². The fourth-order valence-electron chi connectivity index (χ4n) is 2.73. The van der Waals surface area contributed by atoms with Crippen LogP contribution in [0.25, 0.3) is 0 Å². The fourth-order valence-corrected chi connectivity index (χ4v) is 2.73. The molecule has 0 aromatic heterocycles. The van der Waals surface area contributed by atoms with Gasteiger partial charge in [0.25, 0.3) is 0 Å². The summed E-state index contributed by atoms with van der Waals surface area (Å²) in [6.07, 6.45) is 4.59. The van der Waals surface area contributed by atoms with Gasteiger partial charge in [0, 0.05) is 18.2 Å². The molecule has 0 spiro atoms. The molecule has 1 aliphatic carbocycles. The number of benzene rings is 1. The van der Waals surface area contributed by atoms with Crippen molar-refractivity contribution in [1.29, 1.82) is 0 Å². The fraction of sp³-hybridized carbons (Fsp3) is 0.625. The normalized spacial score (nSPS) is 17.6. The van der Waals surface area contributed by atoms with Crippen LogP contribution in [0.4, 0.5) is 0 Å². The molecule has 0 amide bonds. The lowest BCUT2D eigenvalue weighted by Crippen LogP contribution is -2.30. The zero-order valence-corrected chi connectivity index (χ0v) is 12.0. The van der Waals surface area contributed by atoms with E-state index < -0.39 is 6.10 Å². The number of aryl methyl sites for hydroxylation is 1. The summed E-state index contributed by atoms with van der Waals surface area (Å²) in [5.74, 6) is 0.800. The van der Waals surface area contributed by atoms with E-state index in [0.717, 1.165) is 16.9 Å². The van der Waals surface area contributed by atoms with E-state index >= 15 is 0 Å². The largest absolute Gasteiger partial charge is 0.493 e. The molecule has 1 atom stereocenters. The Morgan fingerprint density at radius 2 is 2.11 bits per heavy atom. The third-order valence-electron chi connectivity index (χ3n) is 3.78. The van der Waals surface area contributed by atoms with E-state index in [2.05, 4.69) is 5.32 Å². The number of hydrogen-bond donors (Lipinski definition) is 2. The van der Waals surface area contributed by atoms with Crippen molar-refractivity contribution < 1.29 is 9.84 Å². The van der Waals surface area contributed by atoms with E-state index in [-0.39, 0.29) is 0 Å². The van der Waals surface area contributed by atoms with Gasteiger partial charge in [0.15, 0.2) is 0 Å². The van der Waals surface area contributed by atoms with Gasteiger partial charge in [-0.25, -0.2) is 0 Å². The predicted octanol–water partition coefficient (Wildman–Crippen LogP) is 2.96. The first-order valence-electron chi connectivity index (χ1n) is 7.35. The summed E-state index contributed by atoms with van der Waals surface area (Å²) in [6.45, 7) is 5.23. The minimum absolute atomic E-state index is 0.498. The first kappa shape index (κ1) is 14.4. The summed E-state index contributed by atoms with van der Waals surface area (Å²) in [5, 5.41) is 13.8. The molecule has 2 rings (SSSR count). The molecular formula is C16H25NO2. The molecule has 19 heavy (non-hydrogen) atoms. The van der Waals surface area contributed by atoms with Gasteiger partial charge in [0.05, 0.1) is 12.7 Å². The van der Waals surface area contributed by atoms with Gasteiger partial charge in [-0.2, -0.15) is 0 Å². The van der Waals surface area contributed by atoms with Crippen LogP contribution < -0.4 is 10.1 Å². The molecule has 2 N–H and O–H groups in total. The summed E-state index contributed by atoms with van der Waals surface area (Å²) in [4.78, 5) is 0. The van der Waals surface area contributed by atoms with Crippen LogP contribution in [0.2, 0.25) is 0 Å². The average Bonchev–Trinajstić information content (AvgIpc) is 2.91. The van der Waals surface area contributed by atoms with Crippen LogP contribution in [0.3, 0.4) is 0 Å². The zero-order valence-electron chi connectivity index (χ0n) is 12.0. The Morgan fingerprint density at radius 1 is 1.37 bits per heavy atom. The molecule has 1 unspecified atom stereocenters. The lowest BCUT2D eigenvalue weighted by atomic mass is 10.0. The number of hydrogen-bond acceptors (Lipinski definition) is 3. The lowest BCUT2D eigenvalue weighted by molar-refractivity contribution is 0.164. The van der Waals surface area contributed by atoms with E-state index in [0.29, 0.717) is 19.2 Å². The average molecular weight is 263 g/mol. The second-order valence-corrected chi connectivity index (χ2v) is 5.38. The van der Waals surface area contributed by atoms with Crippen LogP contribution in [0.5, 0.6) is 5.75 Å². The van der Waals surface area contributed by atoms with Crippen molar-refractivity contribution in [3.63, 3.8) is 0 Å². The monoisotopic (exact) mass is 263 g/mol. The van der Waals surface area contributed by atoms with E-state index in [1.807, 2.05) is 32.0 Å². The Bertz CT molecular complexity index is 400. The van der Waals surface area contributed by atoms with Crippen LogP contribution in [0.15, 0.2) is 18.2 Å². The Morgan fingerprint density at radius 3 is 2.79 bits per heavy atom. The first-order chi connectivity index (χ1) is 9.20. The molecule has 0 radical (unpaired) electrons. The highest BCUT2D eigenvalue weighted by Gasteiger charge is 2.18. The third kappa shape index (κ3) is 3.95. The molecule has 0 heterocycles. The number of rotatable bonds is 6. The predicted molar refractivity (Wildman–Crippen MR) is 77.6 cm³/mol. The van der Waals surface area contributed by atoms with Gasteiger partial charge in [0.1, 0.15) is 5.75 Å². The lowest BCUT2D eigenvalue weighted by Gasteiger charge is -2.19. The SMILES string of the molecule is CCOc1ccc(C)cc1C(O)CNC1CCCC1. The Hall–Kier alpha value is -1.06. The summed E-state index contributed by atoms with van der Waals surface area (Å²) < 4.78 is 5.60. The maximum Gasteiger partial charge on any atom is 0.125 e. The highest BCUT2D eigenvalue weighted by molar-refractivity contribution is 5.38. The number of aliphatic hydroxyl groups is 1. The maximum atomic E-state index is 10.4. The molecular weight excluding hydrogens is 238 g/mol. The van der Waals surface area contributed by atoms with Gasteiger partial charge >= 0.3 is 0 Å². The van der Waals surface area contributed by atoms with E-state index in [4.69, 9.17) is 4.74 Å². The highest BCUT2D eigenvalue weighted by Crippen LogP contribution is 2.27. The van der Waals surface area contributed by atoms with Gasteiger partial charge in [-0.1, -0.05) is 24.5 Å².